The van der Waals surface area contributed by atoms with E-state index in [0.717, 1.165) is 19.4 Å². The van der Waals surface area contributed by atoms with Crippen molar-refractivity contribution in [2.45, 2.75) is 37.6 Å². The molecular formula is C13H18N2O2. The second kappa shape index (κ2) is 4.18. The Morgan fingerprint density at radius 1 is 1.35 bits per heavy atom. The van der Waals surface area contributed by atoms with Crippen molar-refractivity contribution in [3.05, 3.63) is 28.2 Å². The van der Waals surface area contributed by atoms with E-state index in [1.54, 1.807) is 4.57 Å². The van der Waals surface area contributed by atoms with Crippen molar-refractivity contribution in [3.8, 4) is 0 Å². The lowest BCUT2D eigenvalue weighted by Gasteiger charge is -2.25. The van der Waals surface area contributed by atoms with Gasteiger partial charge in [-0.2, -0.15) is 0 Å². The van der Waals surface area contributed by atoms with Gasteiger partial charge < -0.3 is 15.0 Å². The molecule has 4 nitrogen and oxygen atoms in total. The number of nitrogens with zero attached hydrogens (tertiary/aromatic N) is 1. The highest BCUT2D eigenvalue weighted by molar-refractivity contribution is 5.40. The number of pyridine rings is 1. The summed E-state index contributed by atoms with van der Waals surface area (Å²) >= 11 is 0. The van der Waals surface area contributed by atoms with Crippen LogP contribution in [0.4, 0.5) is 5.69 Å². The number of rotatable bonds is 2. The zero-order valence-corrected chi connectivity index (χ0v) is 9.89. The van der Waals surface area contributed by atoms with Gasteiger partial charge in [0.15, 0.2) is 0 Å². The Balaban J connectivity index is 1.98. The molecule has 17 heavy (non-hydrogen) atoms. The summed E-state index contributed by atoms with van der Waals surface area (Å²) in [5.74, 6) is 0.619. The highest BCUT2D eigenvalue weighted by Gasteiger charge is 2.26. The van der Waals surface area contributed by atoms with Crippen LogP contribution in [0.25, 0.3) is 0 Å². The minimum Gasteiger partial charge on any atom is -0.394 e. The fourth-order valence-corrected chi connectivity index (χ4v) is 2.50. The third kappa shape index (κ3) is 2.09. The average Bonchev–Trinajstić information content (AvgIpc) is 3.18. The van der Waals surface area contributed by atoms with Crippen molar-refractivity contribution >= 4 is 5.69 Å². The van der Waals surface area contributed by atoms with Crippen molar-refractivity contribution in [3.63, 3.8) is 0 Å². The first-order valence-electron chi connectivity index (χ1n) is 6.35. The normalized spacial score (nSPS) is 24.8. The second-order valence-electron chi connectivity index (χ2n) is 5.09. The predicted molar refractivity (Wildman–Crippen MR) is 66.2 cm³/mol. The van der Waals surface area contributed by atoms with Gasteiger partial charge in [-0.3, -0.25) is 4.79 Å². The summed E-state index contributed by atoms with van der Waals surface area (Å²) < 4.78 is 7.24. The van der Waals surface area contributed by atoms with E-state index in [2.05, 4.69) is 0 Å². The summed E-state index contributed by atoms with van der Waals surface area (Å²) in [5, 5.41) is 0. The predicted octanol–water partition coefficient (Wildman–Crippen LogP) is 1.66. The minimum atomic E-state index is -0.0649. The third-order valence-electron chi connectivity index (χ3n) is 3.67. The Bertz CT molecular complexity index is 471. The summed E-state index contributed by atoms with van der Waals surface area (Å²) in [5.41, 5.74) is 7.35. The largest absolute Gasteiger partial charge is 0.394 e. The summed E-state index contributed by atoms with van der Waals surface area (Å²) in [7, 11) is 0. The van der Waals surface area contributed by atoms with Gasteiger partial charge in [-0.15, -0.1) is 0 Å². The lowest BCUT2D eigenvalue weighted by Crippen LogP contribution is -2.31. The molecular weight excluding hydrogens is 216 g/mol. The molecule has 1 saturated carbocycles. The molecule has 0 amide bonds. The van der Waals surface area contributed by atoms with E-state index in [9.17, 15) is 4.79 Å². The number of nitrogen functional groups attached to an aromatic ring is 1. The van der Waals surface area contributed by atoms with Crippen LogP contribution in [0, 0.1) is 0 Å². The molecule has 0 spiro atoms. The second-order valence-corrected chi connectivity index (χ2v) is 5.09. The maximum Gasteiger partial charge on any atom is 0.274 e. The summed E-state index contributed by atoms with van der Waals surface area (Å²) in [6, 6.07) is 2.01. The fourth-order valence-electron chi connectivity index (χ4n) is 2.50. The van der Waals surface area contributed by atoms with Gasteiger partial charge in [0.2, 0.25) is 0 Å². The maximum atomic E-state index is 12.0. The van der Waals surface area contributed by atoms with Crippen LogP contribution in [0.15, 0.2) is 17.1 Å². The molecule has 2 aliphatic rings. The molecule has 2 heterocycles. The fraction of sp³-hybridized carbons (Fsp3) is 0.615. The highest BCUT2D eigenvalue weighted by atomic mass is 16.5. The van der Waals surface area contributed by atoms with Crippen LogP contribution in [0.3, 0.4) is 0 Å². The van der Waals surface area contributed by atoms with E-state index in [-0.39, 0.29) is 11.6 Å². The summed E-state index contributed by atoms with van der Waals surface area (Å²) in [4.78, 5) is 12.0. The van der Waals surface area contributed by atoms with Crippen molar-refractivity contribution in [1.82, 2.24) is 4.57 Å². The quantitative estimate of drug-likeness (QED) is 0.846. The van der Waals surface area contributed by atoms with Crippen molar-refractivity contribution < 1.29 is 4.74 Å². The van der Waals surface area contributed by atoms with Gasteiger partial charge in [0.1, 0.15) is 0 Å². The van der Waals surface area contributed by atoms with Crippen molar-refractivity contribution in [2.24, 2.45) is 0 Å². The van der Waals surface area contributed by atoms with Gasteiger partial charge in [-0.25, -0.2) is 0 Å². The maximum absolute atomic E-state index is 12.0. The van der Waals surface area contributed by atoms with Crippen LogP contribution in [-0.2, 0) is 4.74 Å². The van der Waals surface area contributed by atoms with Gasteiger partial charge in [0.25, 0.3) is 5.56 Å². The topological polar surface area (TPSA) is 57.2 Å². The first-order chi connectivity index (χ1) is 8.25. The van der Waals surface area contributed by atoms with Crippen LogP contribution >= 0.6 is 0 Å². The number of hydrogen-bond acceptors (Lipinski definition) is 3. The molecule has 0 aromatic carbocycles. The molecule has 1 unspecified atom stereocenters. The standard InChI is InChI=1S/C13H18N2O2/c14-12-6-10(9-3-4-9)7-15(13(12)16)11-2-1-5-17-8-11/h6-7,9,11H,1-5,8,14H2. The number of hydrogen-bond donors (Lipinski definition) is 1. The average molecular weight is 234 g/mol. The molecule has 1 saturated heterocycles. The Kier molecular flexibility index (Phi) is 2.67. The smallest absolute Gasteiger partial charge is 0.274 e. The zero-order valence-electron chi connectivity index (χ0n) is 9.89. The van der Waals surface area contributed by atoms with Gasteiger partial charge in [-0.05, 0) is 43.2 Å². The van der Waals surface area contributed by atoms with E-state index in [1.807, 2.05) is 12.3 Å². The Labute approximate surface area is 100 Å². The molecule has 0 bridgehead atoms. The van der Waals surface area contributed by atoms with Gasteiger partial charge in [-0.1, -0.05) is 0 Å². The first kappa shape index (κ1) is 10.8. The molecule has 1 aromatic heterocycles. The van der Waals surface area contributed by atoms with E-state index >= 15 is 0 Å². The van der Waals surface area contributed by atoms with E-state index < -0.39 is 0 Å². The Morgan fingerprint density at radius 2 is 2.18 bits per heavy atom. The van der Waals surface area contributed by atoms with Gasteiger partial charge >= 0.3 is 0 Å². The molecule has 3 rings (SSSR count). The van der Waals surface area contributed by atoms with Gasteiger partial charge in [0, 0.05) is 12.8 Å². The van der Waals surface area contributed by atoms with Crippen molar-refractivity contribution in [2.75, 3.05) is 18.9 Å². The molecule has 4 heteroatoms. The number of ether oxygens (including phenoxy) is 1. The number of nitrogens with two attached hydrogens (primary N) is 1. The molecule has 1 atom stereocenters. The van der Waals surface area contributed by atoms with Crippen LogP contribution in [0.1, 0.15) is 43.2 Å². The van der Waals surface area contributed by atoms with E-state index in [1.165, 1.54) is 18.4 Å². The molecule has 92 valence electrons. The monoisotopic (exact) mass is 234 g/mol. The third-order valence-corrected chi connectivity index (χ3v) is 3.67. The zero-order chi connectivity index (χ0) is 11.8. The minimum absolute atomic E-state index is 0.0649. The lowest BCUT2D eigenvalue weighted by atomic mass is 10.1. The van der Waals surface area contributed by atoms with Crippen molar-refractivity contribution in [1.29, 1.82) is 0 Å². The molecule has 1 aliphatic heterocycles. The van der Waals surface area contributed by atoms with Crippen LogP contribution < -0.4 is 11.3 Å². The highest BCUT2D eigenvalue weighted by Crippen LogP contribution is 2.40. The Morgan fingerprint density at radius 3 is 2.82 bits per heavy atom. The number of aromatic nitrogens is 1. The first-order valence-corrected chi connectivity index (χ1v) is 6.35. The summed E-state index contributed by atoms with van der Waals surface area (Å²) in [6.07, 6.45) is 6.46. The van der Waals surface area contributed by atoms with E-state index in [4.69, 9.17) is 10.5 Å². The van der Waals surface area contributed by atoms with E-state index in [0.29, 0.717) is 18.2 Å². The SMILES string of the molecule is Nc1cc(C2CC2)cn(C2CCCOC2)c1=O. The molecule has 2 fully saturated rings. The Hall–Kier alpha value is -1.29. The molecule has 1 aromatic rings. The number of anilines is 1. The van der Waals surface area contributed by atoms with Gasteiger partial charge in [0.05, 0.1) is 18.3 Å². The van der Waals surface area contributed by atoms with Crippen LogP contribution in [0.5, 0.6) is 0 Å². The molecule has 1 aliphatic carbocycles. The van der Waals surface area contributed by atoms with Crippen LogP contribution in [0.2, 0.25) is 0 Å². The lowest BCUT2D eigenvalue weighted by molar-refractivity contribution is 0.0580. The molecule has 2 N–H and O–H groups in total. The molecule has 0 radical (unpaired) electrons. The summed E-state index contributed by atoms with van der Waals surface area (Å²) in [6.45, 7) is 1.44. The van der Waals surface area contributed by atoms with Crippen LogP contribution in [-0.4, -0.2) is 17.8 Å².